The van der Waals surface area contributed by atoms with Crippen LogP contribution < -0.4 is 5.73 Å². The Morgan fingerprint density at radius 2 is 1.88 bits per heavy atom. The lowest BCUT2D eigenvalue weighted by molar-refractivity contribution is 0.579. The summed E-state index contributed by atoms with van der Waals surface area (Å²) < 4.78 is 6.98. The molecule has 2 aromatic heterocycles. The van der Waals surface area contributed by atoms with Gasteiger partial charge in [0.2, 0.25) is 0 Å². The van der Waals surface area contributed by atoms with Gasteiger partial charge in [-0.3, -0.25) is 0 Å². The summed E-state index contributed by atoms with van der Waals surface area (Å²) in [4.78, 5) is 0. The van der Waals surface area contributed by atoms with Gasteiger partial charge < -0.3 is 10.2 Å². The minimum Gasteiger partial charge on any atom is -0.463 e. The highest BCUT2D eigenvalue weighted by Crippen LogP contribution is 2.22. The third kappa shape index (κ3) is 1.69. The average molecular weight is 225 g/mol. The molecule has 0 aliphatic rings. The molecule has 0 saturated carbocycles. The van der Waals surface area contributed by atoms with E-state index in [1.54, 1.807) is 17.0 Å². The number of hydrogen-bond acceptors (Lipinski definition) is 3. The maximum absolute atomic E-state index is 5.94. The van der Waals surface area contributed by atoms with Crippen molar-refractivity contribution in [3.8, 4) is 17.1 Å². The lowest BCUT2D eigenvalue weighted by Crippen LogP contribution is -2.00. The Morgan fingerprint density at radius 3 is 2.59 bits per heavy atom. The molecule has 0 bridgehead atoms. The summed E-state index contributed by atoms with van der Waals surface area (Å²) in [6.07, 6.45) is 1.62. The minimum absolute atomic E-state index is 0.586. The Hall–Kier alpha value is -2.49. The van der Waals surface area contributed by atoms with E-state index in [0.29, 0.717) is 11.6 Å². The van der Waals surface area contributed by atoms with E-state index in [4.69, 9.17) is 10.2 Å². The van der Waals surface area contributed by atoms with Gasteiger partial charge in [-0.2, -0.15) is 5.10 Å². The molecule has 3 rings (SSSR count). The Bertz CT molecular complexity index is 611. The molecule has 4 nitrogen and oxygen atoms in total. The van der Waals surface area contributed by atoms with Crippen molar-refractivity contribution in [1.29, 1.82) is 0 Å². The number of benzene rings is 1. The molecule has 0 saturated heterocycles. The number of nitrogens with zero attached hydrogens (tertiary/aromatic N) is 2. The van der Waals surface area contributed by atoms with Gasteiger partial charge in [-0.05, 0) is 24.3 Å². The van der Waals surface area contributed by atoms with Gasteiger partial charge in [0.1, 0.15) is 11.5 Å². The van der Waals surface area contributed by atoms with E-state index in [2.05, 4.69) is 5.10 Å². The third-order valence-electron chi connectivity index (χ3n) is 2.51. The van der Waals surface area contributed by atoms with Crippen molar-refractivity contribution in [1.82, 2.24) is 9.78 Å². The van der Waals surface area contributed by atoms with Gasteiger partial charge >= 0.3 is 0 Å². The van der Waals surface area contributed by atoms with Gasteiger partial charge in [-0.15, -0.1) is 0 Å². The first-order valence-corrected chi connectivity index (χ1v) is 5.29. The van der Waals surface area contributed by atoms with Crippen molar-refractivity contribution in [2.75, 3.05) is 5.73 Å². The molecule has 0 atom stereocenters. The molecular weight excluding hydrogens is 214 g/mol. The first-order chi connectivity index (χ1) is 8.34. The minimum atomic E-state index is 0.586. The van der Waals surface area contributed by atoms with Gasteiger partial charge in [-0.25, -0.2) is 4.68 Å². The van der Waals surface area contributed by atoms with E-state index in [1.807, 2.05) is 42.5 Å². The van der Waals surface area contributed by atoms with Crippen molar-refractivity contribution in [2.45, 2.75) is 0 Å². The van der Waals surface area contributed by atoms with Gasteiger partial charge in [0.15, 0.2) is 5.76 Å². The Morgan fingerprint density at radius 1 is 1.06 bits per heavy atom. The summed E-state index contributed by atoms with van der Waals surface area (Å²) in [6, 6.07) is 15.2. The monoisotopic (exact) mass is 225 g/mol. The lowest BCUT2D eigenvalue weighted by atomic mass is 10.3. The van der Waals surface area contributed by atoms with E-state index in [-0.39, 0.29) is 0 Å². The second-order valence-electron chi connectivity index (χ2n) is 3.68. The first kappa shape index (κ1) is 9.72. The number of aromatic nitrogens is 2. The van der Waals surface area contributed by atoms with Crippen molar-refractivity contribution >= 4 is 5.82 Å². The van der Waals surface area contributed by atoms with Crippen LogP contribution in [-0.2, 0) is 0 Å². The molecule has 0 spiro atoms. The van der Waals surface area contributed by atoms with Crippen molar-refractivity contribution < 1.29 is 4.42 Å². The SMILES string of the molecule is Nc1cc(-c2ccco2)nn1-c1ccccc1. The number of anilines is 1. The highest BCUT2D eigenvalue weighted by Gasteiger charge is 2.09. The largest absolute Gasteiger partial charge is 0.463 e. The second kappa shape index (κ2) is 3.83. The molecule has 0 aliphatic carbocycles. The third-order valence-corrected chi connectivity index (χ3v) is 2.51. The zero-order chi connectivity index (χ0) is 11.7. The Kier molecular flexibility index (Phi) is 2.19. The fourth-order valence-electron chi connectivity index (χ4n) is 1.72. The summed E-state index contributed by atoms with van der Waals surface area (Å²) in [5.74, 6) is 1.30. The highest BCUT2D eigenvalue weighted by atomic mass is 16.3. The van der Waals surface area contributed by atoms with Crippen LogP contribution in [-0.4, -0.2) is 9.78 Å². The van der Waals surface area contributed by atoms with Gasteiger partial charge in [0, 0.05) is 6.07 Å². The lowest BCUT2D eigenvalue weighted by Gasteiger charge is -2.02. The molecule has 0 radical (unpaired) electrons. The fourth-order valence-corrected chi connectivity index (χ4v) is 1.72. The summed E-state index contributed by atoms with van der Waals surface area (Å²) in [6.45, 7) is 0. The van der Waals surface area contributed by atoms with Crippen LogP contribution in [0.4, 0.5) is 5.82 Å². The van der Waals surface area contributed by atoms with Gasteiger partial charge in [0.05, 0.1) is 12.0 Å². The molecule has 4 heteroatoms. The molecule has 17 heavy (non-hydrogen) atoms. The molecule has 84 valence electrons. The topological polar surface area (TPSA) is 57.0 Å². The highest BCUT2D eigenvalue weighted by molar-refractivity contribution is 5.58. The summed E-state index contributed by atoms with van der Waals surface area (Å²) >= 11 is 0. The zero-order valence-corrected chi connectivity index (χ0v) is 9.08. The maximum atomic E-state index is 5.94. The van der Waals surface area contributed by atoms with E-state index < -0.39 is 0 Å². The van der Waals surface area contributed by atoms with Crippen molar-refractivity contribution in [3.63, 3.8) is 0 Å². The Balaban J connectivity index is 2.08. The molecule has 0 unspecified atom stereocenters. The van der Waals surface area contributed by atoms with Crippen LogP contribution in [0.5, 0.6) is 0 Å². The van der Waals surface area contributed by atoms with E-state index in [9.17, 15) is 0 Å². The molecular formula is C13H11N3O. The van der Waals surface area contributed by atoms with Crippen LogP contribution in [0, 0.1) is 0 Å². The standard InChI is InChI=1S/C13H11N3O/c14-13-9-11(12-7-4-8-17-12)15-16(13)10-5-2-1-3-6-10/h1-9H,14H2. The quantitative estimate of drug-likeness (QED) is 0.729. The van der Waals surface area contributed by atoms with Crippen molar-refractivity contribution in [3.05, 3.63) is 54.8 Å². The number of para-hydroxylation sites is 1. The zero-order valence-electron chi connectivity index (χ0n) is 9.08. The van der Waals surface area contributed by atoms with Gasteiger partial charge in [-0.1, -0.05) is 18.2 Å². The molecule has 0 aliphatic heterocycles. The molecule has 0 fully saturated rings. The summed E-state index contributed by atoms with van der Waals surface area (Å²) in [5, 5.41) is 4.42. The molecule has 3 aromatic rings. The molecule has 0 amide bonds. The van der Waals surface area contributed by atoms with Crippen LogP contribution in [0.25, 0.3) is 17.1 Å². The average Bonchev–Trinajstić information content (AvgIpc) is 2.99. The van der Waals surface area contributed by atoms with Crippen LogP contribution in [0.2, 0.25) is 0 Å². The van der Waals surface area contributed by atoms with Crippen LogP contribution in [0.15, 0.2) is 59.2 Å². The maximum Gasteiger partial charge on any atom is 0.154 e. The number of rotatable bonds is 2. The Labute approximate surface area is 98.3 Å². The van der Waals surface area contributed by atoms with Gasteiger partial charge in [0.25, 0.3) is 0 Å². The van der Waals surface area contributed by atoms with E-state index in [1.165, 1.54) is 0 Å². The van der Waals surface area contributed by atoms with E-state index >= 15 is 0 Å². The number of furan rings is 1. The predicted octanol–water partition coefficient (Wildman–Crippen LogP) is 2.71. The van der Waals surface area contributed by atoms with Crippen LogP contribution >= 0.6 is 0 Å². The second-order valence-corrected chi connectivity index (χ2v) is 3.68. The van der Waals surface area contributed by atoms with E-state index in [0.717, 1.165) is 11.4 Å². The van der Waals surface area contributed by atoms with Crippen LogP contribution in [0.1, 0.15) is 0 Å². The van der Waals surface area contributed by atoms with Crippen LogP contribution in [0.3, 0.4) is 0 Å². The van der Waals surface area contributed by atoms with Crippen molar-refractivity contribution in [2.24, 2.45) is 0 Å². The number of hydrogen-bond donors (Lipinski definition) is 1. The normalized spacial score (nSPS) is 10.6. The molecule has 2 heterocycles. The fraction of sp³-hybridized carbons (Fsp3) is 0. The predicted molar refractivity (Wildman–Crippen MR) is 65.7 cm³/mol. The molecule has 2 N–H and O–H groups in total. The number of nitrogen functional groups attached to an aromatic ring is 1. The summed E-state index contributed by atoms with van der Waals surface area (Å²) in [5.41, 5.74) is 7.60. The number of nitrogens with two attached hydrogens (primary N) is 1. The smallest absolute Gasteiger partial charge is 0.154 e. The molecule has 1 aromatic carbocycles. The first-order valence-electron chi connectivity index (χ1n) is 5.29. The summed E-state index contributed by atoms with van der Waals surface area (Å²) in [7, 11) is 0.